The molecule has 0 atom stereocenters. The minimum Gasteiger partial charge on any atom is -0.277 e. The highest BCUT2D eigenvalue weighted by Crippen LogP contribution is 2.51. The molecule has 0 spiro atoms. The number of pyridine rings is 1. The quantitative estimate of drug-likeness (QED) is 0.229. The van der Waals surface area contributed by atoms with E-state index in [9.17, 15) is 0 Å². The Hall–Kier alpha value is -5.07. The van der Waals surface area contributed by atoms with Crippen molar-refractivity contribution in [1.82, 2.24) is 24.5 Å². The first-order valence-electron chi connectivity index (χ1n) is 13.1. The van der Waals surface area contributed by atoms with E-state index in [1.165, 1.54) is 9.79 Å². The van der Waals surface area contributed by atoms with Crippen molar-refractivity contribution in [2.24, 2.45) is 0 Å². The molecular weight excluding hydrogens is 510 g/mol. The zero-order valence-corrected chi connectivity index (χ0v) is 22.1. The van der Waals surface area contributed by atoms with Gasteiger partial charge < -0.3 is 0 Å². The molecule has 1 aliphatic heterocycles. The predicted octanol–water partition coefficient (Wildman–Crippen LogP) is 8.34. The Kier molecular flexibility index (Phi) is 5.31. The minimum absolute atomic E-state index is 0.581. The number of hydrogen-bond donors (Lipinski definition) is 0. The van der Waals surface area contributed by atoms with Crippen molar-refractivity contribution in [2.75, 3.05) is 0 Å². The summed E-state index contributed by atoms with van der Waals surface area (Å²) in [5, 5.41) is 1.13. The fourth-order valence-corrected chi connectivity index (χ4v) is 6.45. The van der Waals surface area contributed by atoms with E-state index in [2.05, 4.69) is 64.1 Å². The molecule has 0 fully saturated rings. The number of aromatic nitrogens is 5. The Morgan fingerprint density at radius 3 is 1.93 bits per heavy atom. The van der Waals surface area contributed by atoms with Crippen LogP contribution >= 0.6 is 11.8 Å². The van der Waals surface area contributed by atoms with Gasteiger partial charge in [-0.3, -0.25) is 9.55 Å². The van der Waals surface area contributed by atoms with Crippen LogP contribution in [0.15, 0.2) is 137 Å². The second-order valence-corrected chi connectivity index (χ2v) is 10.6. The van der Waals surface area contributed by atoms with Crippen LogP contribution in [0.25, 0.3) is 62.0 Å². The van der Waals surface area contributed by atoms with Crippen molar-refractivity contribution in [3.05, 3.63) is 128 Å². The molecule has 0 unspecified atom stereocenters. The SMILES string of the molecule is c1ccc(-c2nc(-c3ccccc3)nc(-n3c4c(c5ccccc53)-c3cnccc3Sc3ccccc3-4)n2)cc1. The summed E-state index contributed by atoms with van der Waals surface area (Å²) in [4.78, 5) is 22.0. The molecule has 40 heavy (non-hydrogen) atoms. The fourth-order valence-electron chi connectivity index (χ4n) is 5.40. The van der Waals surface area contributed by atoms with Gasteiger partial charge in [-0.25, -0.2) is 4.98 Å². The molecule has 0 radical (unpaired) electrons. The van der Waals surface area contributed by atoms with Crippen molar-refractivity contribution in [3.63, 3.8) is 0 Å². The van der Waals surface area contributed by atoms with Crippen molar-refractivity contribution in [1.29, 1.82) is 0 Å². The monoisotopic (exact) mass is 531 g/mol. The number of nitrogens with zero attached hydrogens (tertiary/aromatic N) is 5. The molecule has 0 bridgehead atoms. The largest absolute Gasteiger partial charge is 0.277 e. The third kappa shape index (κ3) is 3.65. The molecule has 0 aliphatic carbocycles. The molecule has 1 aliphatic rings. The number of para-hydroxylation sites is 1. The van der Waals surface area contributed by atoms with Gasteiger partial charge >= 0.3 is 0 Å². The van der Waals surface area contributed by atoms with Gasteiger partial charge in [0.15, 0.2) is 11.6 Å². The van der Waals surface area contributed by atoms with Crippen LogP contribution in [0.2, 0.25) is 0 Å². The van der Waals surface area contributed by atoms with Gasteiger partial charge in [-0.15, -0.1) is 0 Å². The summed E-state index contributed by atoms with van der Waals surface area (Å²) in [6, 6.07) is 39.3. The minimum atomic E-state index is 0.581. The Bertz CT molecular complexity index is 1980. The lowest BCUT2D eigenvalue weighted by Crippen LogP contribution is -2.08. The normalized spacial score (nSPS) is 11.9. The van der Waals surface area contributed by atoms with Crippen LogP contribution in [-0.2, 0) is 0 Å². The molecule has 7 aromatic rings. The number of fused-ring (bicyclic) bond motifs is 7. The van der Waals surface area contributed by atoms with Gasteiger partial charge in [0, 0.05) is 55.4 Å². The van der Waals surface area contributed by atoms with Gasteiger partial charge in [-0.1, -0.05) is 109 Å². The van der Waals surface area contributed by atoms with E-state index in [1.807, 2.05) is 73.1 Å². The lowest BCUT2D eigenvalue weighted by atomic mass is 10.00. The van der Waals surface area contributed by atoms with E-state index in [1.54, 1.807) is 11.8 Å². The Morgan fingerprint density at radius 2 is 1.18 bits per heavy atom. The highest BCUT2D eigenvalue weighted by atomic mass is 32.2. The van der Waals surface area contributed by atoms with Crippen molar-refractivity contribution in [2.45, 2.75) is 9.79 Å². The summed E-state index contributed by atoms with van der Waals surface area (Å²) in [6.45, 7) is 0. The van der Waals surface area contributed by atoms with E-state index in [0.29, 0.717) is 17.6 Å². The number of hydrogen-bond acceptors (Lipinski definition) is 5. The third-order valence-electron chi connectivity index (χ3n) is 7.17. The van der Waals surface area contributed by atoms with Crippen LogP contribution in [0.1, 0.15) is 0 Å². The molecule has 188 valence electrons. The second kappa shape index (κ2) is 9.29. The van der Waals surface area contributed by atoms with Crippen LogP contribution in [0.4, 0.5) is 0 Å². The molecule has 8 rings (SSSR count). The average molecular weight is 532 g/mol. The van der Waals surface area contributed by atoms with Gasteiger partial charge in [0.1, 0.15) is 0 Å². The third-order valence-corrected chi connectivity index (χ3v) is 8.33. The molecule has 4 heterocycles. The maximum Gasteiger partial charge on any atom is 0.238 e. The standard InChI is InChI=1S/C34H21N5S/c1-3-11-22(12-4-1)32-36-33(23-13-5-2-6-14-23)38-34(37-32)39-27-17-9-7-15-24(27)30-26-21-35-20-19-29(26)40-28-18-10-8-16-25(28)31(30)39/h1-21H. The molecule has 0 saturated carbocycles. The van der Waals surface area contributed by atoms with E-state index in [0.717, 1.165) is 44.4 Å². The Labute approximate surface area is 235 Å². The first-order chi connectivity index (χ1) is 19.8. The molecule has 0 amide bonds. The lowest BCUT2D eigenvalue weighted by molar-refractivity contribution is 0.937. The van der Waals surface area contributed by atoms with E-state index in [-0.39, 0.29) is 0 Å². The van der Waals surface area contributed by atoms with Crippen LogP contribution in [0.5, 0.6) is 0 Å². The summed E-state index contributed by atoms with van der Waals surface area (Å²) in [6.07, 6.45) is 3.84. The van der Waals surface area contributed by atoms with Gasteiger partial charge in [0.2, 0.25) is 5.95 Å². The lowest BCUT2D eigenvalue weighted by Gasteiger charge is -2.14. The zero-order chi connectivity index (χ0) is 26.5. The van der Waals surface area contributed by atoms with E-state index in [4.69, 9.17) is 15.0 Å². The van der Waals surface area contributed by atoms with Crippen LogP contribution in [-0.4, -0.2) is 24.5 Å². The highest BCUT2D eigenvalue weighted by molar-refractivity contribution is 7.99. The summed E-state index contributed by atoms with van der Waals surface area (Å²) in [7, 11) is 0. The predicted molar refractivity (Wildman–Crippen MR) is 160 cm³/mol. The molecule has 3 aromatic heterocycles. The van der Waals surface area contributed by atoms with Crippen molar-refractivity contribution >= 4 is 22.7 Å². The van der Waals surface area contributed by atoms with Gasteiger partial charge in [0.25, 0.3) is 0 Å². The Balaban J connectivity index is 1.52. The van der Waals surface area contributed by atoms with Crippen LogP contribution in [0, 0.1) is 0 Å². The van der Waals surface area contributed by atoms with Crippen molar-refractivity contribution in [3.8, 4) is 51.1 Å². The molecule has 4 aromatic carbocycles. The van der Waals surface area contributed by atoms with Gasteiger partial charge in [-0.2, -0.15) is 9.97 Å². The summed E-state index contributed by atoms with van der Waals surface area (Å²) in [5.41, 5.74) is 7.35. The van der Waals surface area contributed by atoms with E-state index >= 15 is 0 Å². The molecule has 6 heteroatoms. The van der Waals surface area contributed by atoms with Crippen LogP contribution in [0.3, 0.4) is 0 Å². The van der Waals surface area contributed by atoms with Gasteiger partial charge in [-0.05, 0) is 18.2 Å². The molecular formula is C34H21N5S. The molecule has 0 saturated heterocycles. The topological polar surface area (TPSA) is 56.5 Å². The van der Waals surface area contributed by atoms with Crippen LogP contribution < -0.4 is 0 Å². The molecule has 0 N–H and O–H groups in total. The van der Waals surface area contributed by atoms with E-state index < -0.39 is 0 Å². The van der Waals surface area contributed by atoms with Gasteiger partial charge in [0.05, 0.1) is 11.2 Å². The smallest absolute Gasteiger partial charge is 0.238 e. The number of rotatable bonds is 3. The maximum absolute atomic E-state index is 5.11. The first-order valence-corrected chi connectivity index (χ1v) is 13.9. The number of benzene rings is 4. The summed E-state index contributed by atoms with van der Waals surface area (Å²) >= 11 is 1.77. The summed E-state index contributed by atoms with van der Waals surface area (Å²) in [5.74, 6) is 1.85. The Morgan fingerprint density at radius 1 is 0.550 bits per heavy atom. The molecule has 5 nitrogen and oxygen atoms in total. The zero-order valence-electron chi connectivity index (χ0n) is 21.3. The second-order valence-electron chi connectivity index (χ2n) is 9.56. The first kappa shape index (κ1) is 22.9. The maximum atomic E-state index is 5.11. The summed E-state index contributed by atoms with van der Waals surface area (Å²) < 4.78 is 2.20. The average Bonchev–Trinajstić information content (AvgIpc) is 3.29. The fraction of sp³-hybridized carbons (Fsp3) is 0. The van der Waals surface area contributed by atoms with Crippen molar-refractivity contribution < 1.29 is 0 Å². The highest BCUT2D eigenvalue weighted by Gasteiger charge is 2.29.